The standard InChI is InChI=1S/C21H30N2O4/c1-5-26-19(24)16-11-14(12-16)13-17-9-8-15-7-6-10-23(18(15)22-17)20(25)27-21(2,3)4/h8-9,14,16H,5-7,10-13H2,1-4H3/t14-,16+. The van der Waals surface area contributed by atoms with Gasteiger partial charge in [0.15, 0.2) is 0 Å². The van der Waals surface area contributed by atoms with Gasteiger partial charge in [-0.15, -0.1) is 0 Å². The predicted octanol–water partition coefficient (Wildman–Crippen LogP) is 3.90. The molecule has 0 spiro atoms. The maximum absolute atomic E-state index is 12.6. The molecule has 1 aliphatic heterocycles. The Morgan fingerprint density at radius 1 is 1.26 bits per heavy atom. The van der Waals surface area contributed by atoms with Crippen molar-refractivity contribution in [2.75, 3.05) is 18.1 Å². The molecule has 1 aromatic heterocycles. The van der Waals surface area contributed by atoms with E-state index in [4.69, 9.17) is 14.5 Å². The lowest BCUT2D eigenvalue weighted by molar-refractivity contribution is -0.152. The summed E-state index contributed by atoms with van der Waals surface area (Å²) in [6, 6.07) is 4.13. The topological polar surface area (TPSA) is 68.7 Å². The van der Waals surface area contributed by atoms with Crippen molar-refractivity contribution in [1.29, 1.82) is 0 Å². The van der Waals surface area contributed by atoms with Gasteiger partial charge in [0.05, 0.1) is 12.5 Å². The summed E-state index contributed by atoms with van der Waals surface area (Å²) in [7, 11) is 0. The van der Waals surface area contributed by atoms with E-state index in [9.17, 15) is 9.59 Å². The van der Waals surface area contributed by atoms with Crippen LogP contribution in [0.1, 0.15) is 58.2 Å². The summed E-state index contributed by atoms with van der Waals surface area (Å²) in [5.74, 6) is 1.13. The van der Waals surface area contributed by atoms with Crippen molar-refractivity contribution >= 4 is 17.9 Å². The fourth-order valence-electron chi connectivity index (χ4n) is 3.74. The SMILES string of the molecule is CCOC(=O)[C@H]1C[C@@H](Cc2ccc3c(n2)N(C(=O)OC(C)(C)C)CCC3)C1. The Morgan fingerprint density at radius 2 is 2.00 bits per heavy atom. The van der Waals surface area contributed by atoms with Crippen LogP contribution >= 0.6 is 0 Å². The zero-order valence-electron chi connectivity index (χ0n) is 16.8. The van der Waals surface area contributed by atoms with Crippen LogP contribution in [0.3, 0.4) is 0 Å². The van der Waals surface area contributed by atoms with Crippen molar-refractivity contribution in [2.24, 2.45) is 11.8 Å². The first-order chi connectivity index (χ1) is 12.8. The maximum Gasteiger partial charge on any atom is 0.416 e. The number of anilines is 1. The minimum absolute atomic E-state index is 0.0332. The van der Waals surface area contributed by atoms with Crippen molar-refractivity contribution in [1.82, 2.24) is 4.98 Å². The number of fused-ring (bicyclic) bond motifs is 1. The normalized spacial score (nSPS) is 21.9. The highest BCUT2D eigenvalue weighted by Crippen LogP contribution is 2.37. The van der Waals surface area contributed by atoms with E-state index in [-0.39, 0.29) is 18.0 Å². The van der Waals surface area contributed by atoms with Crippen LogP contribution in [-0.2, 0) is 27.1 Å². The number of hydrogen-bond acceptors (Lipinski definition) is 5. The first kappa shape index (κ1) is 19.6. The number of aromatic nitrogens is 1. The number of pyridine rings is 1. The molecule has 6 heteroatoms. The number of hydrogen-bond donors (Lipinski definition) is 0. The zero-order chi connectivity index (χ0) is 19.6. The van der Waals surface area contributed by atoms with Crippen molar-refractivity contribution in [3.8, 4) is 0 Å². The lowest BCUT2D eigenvalue weighted by atomic mass is 9.72. The van der Waals surface area contributed by atoms with Crippen LogP contribution in [0, 0.1) is 11.8 Å². The van der Waals surface area contributed by atoms with E-state index < -0.39 is 5.60 Å². The van der Waals surface area contributed by atoms with E-state index in [0.29, 0.717) is 19.1 Å². The Morgan fingerprint density at radius 3 is 2.67 bits per heavy atom. The highest BCUT2D eigenvalue weighted by Gasteiger charge is 2.36. The molecule has 0 radical (unpaired) electrons. The first-order valence-corrected chi connectivity index (χ1v) is 9.92. The number of ether oxygens (including phenoxy) is 2. The summed E-state index contributed by atoms with van der Waals surface area (Å²) in [6.45, 7) is 8.52. The maximum atomic E-state index is 12.6. The van der Waals surface area contributed by atoms with Gasteiger partial charge in [-0.2, -0.15) is 0 Å². The third kappa shape index (κ3) is 4.79. The Bertz CT molecular complexity index is 705. The quantitative estimate of drug-likeness (QED) is 0.748. The molecular weight excluding hydrogens is 344 g/mol. The van der Waals surface area contributed by atoms with Crippen molar-refractivity contribution < 1.29 is 19.1 Å². The molecular formula is C21H30N2O4. The van der Waals surface area contributed by atoms with E-state index in [1.165, 1.54) is 0 Å². The number of nitrogens with zero attached hydrogens (tertiary/aromatic N) is 2. The summed E-state index contributed by atoms with van der Waals surface area (Å²) in [5, 5.41) is 0. The van der Waals surface area contributed by atoms with Crippen molar-refractivity contribution in [2.45, 2.75) is 65.4 Å². The molecule has 27 heavy (non-hydrogen) atoms. The third-order valence-corrected chi connectivity index (χ3v) is 5.06. The Hall–Kier alpha value is -2.11. The van der Waals surface area contributed by atoms with E-state index in [0.717, 1.165) is 49.2 Å². The minimum atomic E-state index is -0.527. The number of amides is 1. The van der Waals surface area contributed by atoms with Gasteiger partial charge in [-0.3, -0.25) is 9.69 Å². The lowest BCUT2D eigenvalue weighted by Gasteiger charge is -2.34. The molecule has 1 aliphatic carbocycles. The van der Waals surface area contributed by atoms with Gasteiger partial charge < -0.3 is 9.47 Å². The minimum Gasteiger partial charge on any atom is -0.466 e. The summed E-state index contributed by atoms with van der Waals surface area (Å²) >= 11 is 0. The van der Waals surface area contributed by atoms with Crippen LogP contribution in [-0.4, -0.2) is 35.8 Å². The fourth-order valence-corrected chi connectivity index (χ4v) is 3.74. The zero-order valence-corrected chi connectivity index (χ0v) is 16.8. The average molecular weight is 374 g/mol. The molecule has 1 saturated carbocycles. The van der Waals surface area contributed by atoms with Crippen molar-refractivity contribution in [3.05, 3.63) is 23.4 Å². The Labute approximate surface area is 161 Å². The third-order valence-electron chi connectivity index (χ3n) is 5.06. The molecule has 1 amide bonds. The molecule has 0 aromatic carbocycles. The second-order valence-electron chi connectivity index (χ2n) is 8.51. The molecule has 0 unspecified atom stereocenters. The summed E-state index contributed by atoms with van der Waals surface area (Å²) < 4.78 is 10.6. The molecule has 0 saturated heterocycles. The van der Waals surface area contributed by atoms with E-state index in [1.54, 1.807) is 4.90 Å². The smallest absolute Gasteiger partial charge is 0.416 e. The van der Waals surface area contributed by atoms with Gasteiger partial charge in [0.1, 0.15) is 11.4 Å². The van der Waals surface area contributed by atoms with Gasteiger partial charge in [0, 0.05) is 12.2 Å². The monoisotopic (exact) mass is 374 g/mol. The van der Waals surface area contributed by atoms with Gasteiger partial charge in [-0.25, -0.2) is 9.78 Å². The molecule has 2 heterocycles. The molecule has 0 bridgehead atoms. The van der Waals surface area contributed by atoms with Gasteiger partial charge in [-0.1, -0.05) is 6.07 Å². The first-order valence-electron chi connectivity index (χ1n) is 9.92. The van der Waals surface area contributed by atoms with Crippen LogP contribution in [0.4, 0.5) is 10.6 Å². The largest absolute Gasteiger partial charge is 0.466 e. The number of rotatable bonds is 4. The van der Waals surface area contributed by atoms with Gasteiger partial charge in [0.2, 0.25) is 0 Å². The van der Waals surface area contributed by atoms with Gasteiger partial charge >= 0.3 is 12.1 Å². The molecule has 1 fully saturated rings. The van der Waals surface area contributed by atoms with Crippen LogP contribution in [0.15, 0.2) is 12.1 Å². The summed E-state index contributed by atoms with van der Waals surface area (Å²) in [5.41, 5.74) is 1.53. The number of aryl methyl sites for hydroxylation is 1. The molecule has 0 atom stereocenters. The molecule has 1 aromatic rings. The predicted molar refractivity (Wildman–Crippen MR) is 103 cm³/mol. The van der Waals surface area contributed by atoms with Gasteiger partial charge in [-0.05, 0) is 77.3 Å². The molecule has 2 aliphatic rings. The number of carbonyl (C=O) groups is 2. The van der Waals surface area contributed by atoms with E-state index >= 15 is 0 Å². The average Bonchev–Trinajstić information content (AvgIpc) is 2.55. The van der Waals surface area contributed by atoms with Crippen LogP contribution in [0.5, 0.6) is 0 Å². The summed E-state index contributed by atoms with van der Waals surface area (Å²) in [6.07, 6.45) is 4.04. The Balaban J connectivity index is 1.66. The fraction of sp³-hybridized carbons (Fsp3) is 0.667. The number of esters is 1. The second kappa shape index (κ2) is 7.87. The Kier molecular flexibility index (Phi) is 5.72. The number of carbonyl (C=O) groups excluding carboxylic acids is 2. The summed E-state index contributed by atoms with van der Waals surface area (Å²) in [4.78, 5) is 30.8. The van der Waals surface area contributed by atoms with Crippen molar-refractivity contribution in [3.63, 3.8) is 0 Å². The van der Waals surface area contributed by atoms with Crippen LogP contribution in [0.2, 0.25) is 0 Å². The van der Waals surface area contributed by atoms with E-state index in [1.807, 2.05) is 27.7 Å². The molecule has 6 nitrogen and oxygen atoms in total. The van der Waals surface area contributed by atoms with E-state index in [2.05, 4.69) is 12.1 Å². The molecule has 0 N–H and O–H groups in total. The highest BCUT2D eigenvalue weighted by molar-refractivity contribution is 5.88. The highest BCUT2D eigenvalue weighted by atomic mass is 16.6. The van der Waals surface area contributed by atoms with Gasteiger partial charge in [0.25, 0.3) is 0 Å². The van der Waals surface area contributed by atoms with Crippen LogP contribution in [0.25, 0.3) is 0 Å². The van der Waals surface area contributed by atoms with Crippen LogP contribution < -0.4 is 4.90 Å². The molecule has 3 rings (SSSR count). The molecule has 148 valence electrons. The lowest BCUT2D eigenvalue weighted by Crippen LogP contribution is -2.40. The second-order valence-corrected chi connectivity index (χ2v) is 8.51.